The molecule has 0 saturated heterocycles. The molecule has 0 radical (unpaired) electrons. The molecule has 0 unspecified atom stereocenters. The van der Waals surface area contributed by atoms with Crippen LogP contribution in [0.2, 0.25) is 0 Å². The van der Waals surface area contributed by atoms with E-state index in [4.69, 9.17) is 9.47 Å². The predicted molar refractivity (Wildman–Crippen MR) is 158 cm³/mol. The first-order chi connectivity index (χ1) is 18.8. The predicted octanol–water partition coefficient (Wildman–Crippen LogP) is 4.85. The highest BCUT2D eigenvalue weighted by Gasteiger charge is 2.21. The van der Waals surface area contributed by atoms with Crippen molar-refractivity contribution in [3.8, 4) is 0 Å². The van der Waals surface area contributed by atoms with Crippen LogP contribution >= 0.6 is 22.6 Å². The van der Waals surface area contributed by atoms with Gasteiger partial charge >= 0.3 is 11.9 Å². The molecule has 0 aliphatic carbocycles. The molecule has 4 heterocycles. The van der Waals surface area contributed by atoms with Crippen LogP contribution in [0.4, 0.5) is 0 Å². The molecule has 8 nitrogen and oxygen atoms in total. The number of para-hydroxylation sites is 1. The normalized spacial score (nSPS) is 13.5. The lowest BCUT2D eigenvalue weighted by molar-refractivity contribution is 0.0514. The lowest BCUT2D eigenvalue weighted by Gasteiger charge is -2.21. The second-order valence-electron chi connectivity index (χ2n) is 9.55. The molecule has 4 aromatic rings. The molecule has 39 heavy (non-hydrogen) atoms. The number of halogens is 1. The number of esters is 2. The molecule has 2 aromatic heterocycles. The summed E-state index contributed by atoms with van der Waals surface area (Å²) in [6.45, 7) is 5.68. The van der Waals surface area contributed by atoms with E-state index in [2.05, 4.69) is 28.7 Å². The lowest BCUT2D eigenvalue weighted by Crippen LogP contribution is -2.23. The monoisotopic (exact) mass is 640 g/mol. The molecule has 0 amide bonds. The van der Waals surface area contributed by atoms with Crippen LogP contribution in [0, 0.1) is 3.57 Å². The van der Waals surface area contributed by atoms with Gasteiger partial charge in [-0.15, -0.1) is 0 Å². The minimum atomic E-state index is -0.533. The van der Waals surface area contributed by atoms with Gasteiger partial charge in [-0.25, -0.2) is 9.59 Å². The third kappa shape index (κ3) is 5.11. The van der Waals surface area contributed by atoms with Gasteiger partial charge in [-0.05, 0) is 91.4 Å². The summed E-state index contributed by atoms with van der Waals surface area (Å²) in [7, 11) is 0. The van der Waals surface area contributed by atoms with E-state index in [-0.39, 0.29) is 35.2 Å². The van der Waals surface area contributed by atoms with E-state index in [1.165, 1.54) is 11.1 Å². The molecular weight excluding hydrogens is 611 g/mol. The Kier molecular flexibility index (Phi) is 7.88. The van der Waals surface area contributed by atoms with Gasteiger partial charge in [0.1, 0.15) is 11.1 Å². The fraction of sp³-hybridized carbons (Fsp3) is 0.333. The van der Waals surface area contributed by atoms with Crippen molar-refractivity contribution >= 4 is 56.3 Å². The van der Waals surface area contributed by atoms with Gasteiger partial charge in [0, 0.05) is 39.8 Å². The summed E-state index contributed by atoms with van der Waals surface area (Å²) >= 11 is 2.21. The minimum Gasteiger partial charge on any atom is -0.462 e. The number of benzene rings is 2. The van der Waals surface area contributed by atoms with Gasteiger partial charge < -0.3 is 18.6 Å². The zero-order chi connectivity index (χ0) is 27.7. The Labute approximate surface area is 238 Å². The van der Waals surface area contributed by atoms with Crippen molar-refractivity contribution in [2.24, 2.45) is 0 Å². The van der Waals surface area contributed by atoms with E-state index in [0.29, 0.717) is 10.8 Å². The summed E-state index contributed by atoms with van der Waals surface area (Å²) < 4.78 is 15.0. The topological polar surface area (TPSA) is 96.6 Å². The Bertz CT molecular complexity index is 1740. The Hall–Kier alpha value is -3.47. The lowest BCUT2D eigenvalue weighted by atomic mass is 10.00. The highest BCUT2D eigenvalue weighted by molar-refractivity contribution is 14.1. The Balaban J connectivity index is 0.000000158. The maximum absolute atomic E-state index is 12.5. The number of carbonyl (C=O) groups is 2. The number of pyridine rings is 2. The van der Waals surface area contributed by atoms with E-state index in [1.54, 1.807) is 32.3 Å². The molecule has 0 bridgehead atoms. The van der Waals surface area contributed by atoms with Crippen molar-refractivity contribution in [2.75, 3.05) is 13.2 Å². The first-order valence-corrected chi connectivity index (χ1v) is 14.3. The van der Waals surface area contributed by atoms with Crippen LogP contribution in [0.25, 0.3) is 21.8 Å². The van der Waals surface area contributed by atoms with Gasteiger partial charge in [-0.2, -0.15) is 0 Å². The van der Waals surface area contributed by atoms with Crippen LogP contribution in [0.1, 0.15) is 58.5 Å². The number of hydrogen-bond acceptors (Lipinski definition) is 6. The zero-order valence-corrected chi connectivity index (χ0v) is 24.1. The van der Waals surface area contributed by atoms with Crippen LogP contribution in [-0.2, 0) is 35.4 Å². The number of aromatic nitrogens is 2. The average Bonchev–Trinajstić information content (AvgIpc) is 2.93. The smallest absolute Gasteiger partial charge is 0.343 e. The van der Waals surface area contributed by atoms with Crippen LogP contribution in [0.3, 0.4) is 0 Å². The second kappa shape index (κ2) is 11.3. The van der Waals surface area contributed by atoms with Gasteiger partial charge in [0.05, 0.1) is 24.2 Å². The van der Waals surface area contributed by atoms with Crippen LogP contribution in [-0.4, -0.2) is 34.3 Å². The Morgan fingerprint density at radius 2 is 1.33 bits per heavy atom. The number of aryl methyl sites for hydroxylation is 4. The highest BCUT2D eigenvalue weighted by atomic mass is 127. The van der Waals surface area contributed by atoms with E-state index in [0.717, 1.165) is 53.4 Å². The quantitative estimate of drug-likeness (QED) is 0.234. The third-order valence-corrected chi connectivity index (χ3v) is 7.70. The van der Waals surface area contributed by atoms with Crippen LogP contribution in [0.15, 0.2) is 52.3 Å². The summed E-state index contributed by atoms with van der Waals surface area (Å²) in [5, 5.41) is 1.24. The highest BCUT2D eigenvalue weighted by Crippen LogP contribution is 2.26. The molecule has 2 aliphatic heterocycles. The molecule has 0 atom stereocenters. The fourth-order valence-electron chi connectivity index (χ4n) is 5.46. The van der Waals surface area contributed by atoms with Crippen molar-refractivity contribution in [3.63, 3.8) is 0 Å². The van der Waals surface area contributed by atoms with E-state index < -0.39 is 11.9 Å². The molecule has 0 spiro atoms. The number of rotatable bonds is 4. The van der Waals surface area contributed by atoms with E-state index >= 15 is 0 Å². The maximum atomic E-state index is 12.5. The van der Waals surface area contributed by atoms with Crippen molar-refractivity contribution in [3.05, 3.63) is 89.0 Å². The SMILES string of the molecule is CCOC(=O)c1cn2c3c(cc(I)cc3c1=O)CCC2.CCOC(=O)c1cn2c3c(cccc3c1=O)CCC2. The first kappa shape index (κ1) is 27.1. The third-order valence-electron chi connectivity index (χ3n) is 7.08. The van der Waals surface area contributed by atoms with Crippen molar-refractivity contribution in [1.29, 1.82) is 0 Å². The molecule has 0 saturated carbocycles. The van der Waals surface area contributed by atoms with Crippen molar-refractivity contribution in [1.82, 2.24) is 9.13 Å². The molecule has 0 fully saturated rings. The molecular formula is C30H29IN2O6. The number of ether oxygens (including phenoxy) is 2. The van der Waals surface area contributed by atoms with Crippen LogP contribution in [0.5, 0.6) is 0 Å². The zero-order valence-electron chi connectivity index (χ0n) is 21.9. The number of hydrogen-bond donors (Lipinski definition) is 0. The van der Waals surface area contributed by atoms with Gasteiger partial charge in [-0.3, -0.25) is 9.59 Å². The summed E-state index contributed by atoms with van der Waals surface area (Å²) in [5.41, 5.74) is 4.11. The van der Waals surface area contributed by atoms with Gasteiger partial charge in [0.25, 0.3) is 0 Å². The summed E-state index contributed by atoms with van der Waals surface area (Å²) in [6, 6.07) is 9.67. The molecule has 0 N–H and O–H groups in total. The molecule has 202 valence electrons. The molecule has 9 heteroatoms. The van der Waals surface area contributed by atoms with E-state index in [9.17, 15) is 19.2 Å². The van der Waals surface area contributed by atoms with Gasteiger partial charge in [0.15, 0.2) is 0 Å². The summed E-state index contributed by atoms with van der Waals surface area (Å²) in [6.07, 6.45) is 7.30. The Morgan fingerprint density at radius 3 is 1.92 bits per heavy atom. The largest absolute Gasteiger partial charge is 0.462 e. The van der Waals surface area contributed by atoms with Gasteiger partial charge in [0.2, 0.25) is 10.9 Å². The van der Waals surface area contributed by atoms with Crippen molar-refractivity contribution < 1.29 is 19.1 Å². The van der Waals surface area contributed by atoms with E-state index in [1.807, 2.05) is 27.3 Å². The average molecular weight is 640 g/mol. The number of carbonyl (C=O) groups excluding carboxylic acids is 2. The first-order valence-electron chi connectivity index (χ1n) is 13.2. The minimum absolute atomic E-state index is 0.133. The molecule has 2 aliphatic rings. The number of nitrogens with zero attached hydrogens (tertiary/aromatic N) is 2. The van der Waals surface area contributed by atoms with Crippen molar-refractivity contribution in [2.45, 2.75) is 52.6 Å². The summed E-state index contributed by atoms with van der Waals surface area (Å²) in [5.74, 6) is -1.07. The molecule has 6 rings (SSSR count). The summed E-state index contributed by atoms with van der Waals surface area (Å²) in [4.78, 5) is 48.7. The Morgan fingerprint density at radius 1 is 0.795 bits per heavy atom. The van der Waals surface area contributed by atoms with Gasteiger partial charge in [-0.1, -0.05) is 12.1 Å². The second-order valence-corrected chi connectivity index (χ2v) is 10.8. The fourth-order valence-corrected chi connectivity index (χ4v) is 6.15. The maximum Gasteiger partial charge on any atom is 0.343 e. The van der Waals surface area contributed by atoms with Crippen LogP contribution < -0.4 is 10.9 Å². The standard InChI is InChI=1S/C15H14INO3.C15H15NO3/c1-2-20-15(19)12-8-17-5-3-4-9-6-10(16)7-11(13(9)17)14(12)18;1-2-19-15(18)12-9-16-8-4-6-10-5-3-7-11(13(10)16)14(12)17/h6-8H,2-5H2,1H3;3,5,7,9H,2,4,6,8H2,1H3. The molecule has 2 aromatic carbocycles.